The van der Waals surface area contributed by atoms with Crippen LogP contribution < -0.4 is 5.32 Å². The quantitative estimate of drug-likeness (QED) is 0.599. The van der Waals surface area contributed by atoms with E-state index in [1.807, 2.05) is 0 Å². The molecular formula is C12H19ClF3NO4. The number of rotatable bonds is 6. The van der Waals surface area contributed by atoms with Crippen LogP contribution in [0.4, 0.5) is 18.0 Å². The van der Waals surface area contributed by atoms with Gasteiger partial charge in [-0.05, 0) is 27.2 Å². The first-order valence-corrected chi connectivity index (χ1v) is 6.74. The number of halogens is 4. The van der Waals surface area contributed by atoms with E-state index in [2.05, 4.69) is 10.1 Å². The van der Waals surface area contributed by atoms with Gasteiger partial charge in [-0.15, -0.1) is 0 Å². The number of amides is 1. The van der Waals surface area contributed by atoms with Crippen LogP contribution in [0, 0.1) is 5.92 Å². The zero-order valence-corrected chi connectivity index (χ0v) is 12.8. The van der Waals surface area contributed by atoms with Gasteiger partial charge >= 0.3 is 18.2 Å². The number of carbonyl (C=O) groups excluding carboxylic acids is 2. The summed E-state index contributed by atoms with van der Waals surface area (Å²) in [5.41, 5.74) is -0.738. The zero-order valence-electron chi connectivity index (χ0n) is 12.1. The van der Waals surface area contributed by atoms with Gasteiger partial charge in [0.1, 0.15) is 5.60 Å². The van der Waals surface area contributed by atoms with Crippen molar-refractivity contribution in [2.45, 2.75) is 45.4 Å². The van der Waals surface area contributed by atoms with Crippen LogP contribution in [0.25, 0.3) is 0 Å². The maximum absolute atomic E-state index is 12.7. The second-order valence-corrected chi connectivity index (χ2v) is 5.50. The first-order valence-electron chi connectivity index (χ1n) is 6.21. The smallest absolute Gasteiger partial charge is 0.407 e. The maximum atomic E-state index is 12.7. The highest BCUT2D eigenvalue weighted by molar-refractivity contribution is 6.17. The van der Waals surface area contributed by atoms with Gasteiger partial charge < -0.3 is 14.8 Å². The lowest BCUT2D eigenvalue weighted by molar-refractivity contribution is -0.185. The second kappa shape index (κ2) is 8.31. The summed E-state index contributed by atoms with van der Waals surface area (Å²) in [6.07, 6.45) is -6.68. The average Bonchev–Trinajstić information content (AvgIpc) is 2.24. The number of nitrogens with one attached hydrogen (secondary N) is 1. The molecule has 1 atom stereocenters. The van der Waals surface area contributed by atoms with Gasteiger partial charge in [-0.25, -0.2) is 4.79 Å². The fourth-order valence-electron chi connectivity index (χ4n) is 1.37. The monoisotopic (exact) mass is 333 g/mol. The van der Waals surface area contributed by atoms with Crippen molar-refractivity contribution in [1.82, 2.24) is 5.32 Å². The van der Waals surface area contributed by atoms with Crippen LogP contribution >= 0.6 is 11.6 Å². The van der Waals surface area contributed by atoms with Gasteiger partial charge in [0.25, 0.3) is 0 Å². The molecule has 5 nitrogen and oxygen atoms in total. The van der Waals surface area contributed by atoms with E-state index in [9.17, 15) is 22.8 Å². The van der Waals surface area contributed by atoms with Crippen molar-refractivity contribution in [2.75, 3.05) is 12.6 Å². The van der Waals surface area contributed by atoms with E-state index >= 15 is 0 Å². The minimum absolute atomic E-state index is 0.271. The Kier molecular flexibility index (Phi) is 7.84. The number of esters is 1. The third-order valence-electron chi connectivity index (χ3n) is 2.25. The molecule has 0 fully saturated rings. The molecule has 0 saturated carbocycles. The Morgan fingerprint density at radius 1 is 1.24 bits per heavy atom. The Morgan fingerprint density at radius 2 is 1.81 bits per heavy atom. The van der Waals surface area contributed by atoms with E-state index in [4.69, 9.17) is 16.3 Å². The molecule has 0 aromatic rings. The van der Waals surface area contributed by atoms with Gasteiger partial charge in [-0.2, -0.15) is 13.2 Å². The first kappa shape index (κ1) is 19.8. The normalized spacial score (nSPS) is 13.5. The minimum Gasteiger partial charge on any atom is -0.449 e. The SMILES string of the molecule is CC(C)(C)OC(=O)NCCC(CC(=O)OCCl)C(F)(F)F. The van der Waals surface area contributed by atoms with E-state index in [1.54, 1.807) is 20.8 Å². The number of hydrogen-bond acceptors (Lipinski definition) is 4. The Morgan fingerprint density at radius 3 is 2.24 bits per heavy atom. The first-order chi connectivity index (χ1) is 9.45. The predicted octanol–water partition coefficient (Wildman–Crippen LogP) is 3.21. The third-order valence-corrected chi connectivity index (χ3v) is 2.36. The average molecular weight is 334 g/mol. The largest absolute Gasteiger partial charge is 0.449 e. The molecule has 0 aliphatic carbocycles. The summed E-state index contributed by atoms with van der Waals surface area (Å²) in [6.45, 7) is 4.63. The van der Waals surface area contributed by atoms with Crippen LogP contribution in [-0.4, -0.2) is 36.5 Å². The van der Waals surface area contributed by atoms with Crippen LogP contribution in [0.2, 0.25) is 0 Å². The van der Waals surface area contributed by atoms with Gasteiger partial charge in [-0.1, -0.05) is 11.6 Å². The summed E-state index contributed by atoms with van der Waals surface area (Å²) in [4.78, 5) is 22.4. The molecule has 0 aromatic heterocycles. The molecule has 0 bridgehead atoms. The molecular weight excluding hydrogens is 315 g/mol. The van der Waals surface area contributed by atoms with Crippen molar-refractivity contribution in [3.05, 3.63) is 0 Å². The fraction of sp³-hybridized carbons (Fsp3) is 0.833. The van der Waals surface area contributed by atoms with Crippen molar-refractivity contribution >= 4 is 23.7 Å². The lowest BCUT2D eigenvalue weighted by Gasteiger charge is -2.21. The lowest BCUT2D eigenvalue weighted by Crippen LogP contribution is -2.35. The molecule has 0 aliphatic rings. The predicted molar refractivity (Wildman–Crippen MR) is 69.8 cm³/mol. The summed E-state index contributed by atoms with van der Waals surface area (Å²) in [5.74, 6) is -2.95. The number of alkyl halides is 4. The van der Waals surface area contributed by atoms with E-state index < -0.39 is 48.7 Å². The van der Waals surface area contributed by atoms with Gasteiger partial charge in [-0.3, -0.25) is 4.79 Å². The molecule has 124 valence electrons. The van der Waals surface area contributed by atoms with Crippen LogP contribution in [0.1, 0.15) is 33.6 Å². The Bertz CT molecular complexity index is 355. The molecule has 0 aliphatic heterocycles. The molecule has 0 aromatic carbocycles. The standard InChI is InChI=1S/C12H19ClF3NO4/c1-11(2,3)21-10(19)17-5-4-8(12(14,15)16)6-9(18)20-7-13/h8H,4-7H2,1-3H3,(H,17,19). The highest BCUT2D eigenvalue weighted by Crippen LogP contribution is 2.31. The van der Waals surface area contributed by atoms with Crippen LogP contribution in [0.5, 0.6) is 0 Å². The van der Waals surface area contributed by atoms with Crippen LogP contribution in [-0.2, 0) is 14.3 Å². The number of hydrogen-bond donors (Lipinski definition) is 1. The van der Waals surface area contributed by atoms with Gasteiger partial charge in [0, 0.05) is 6.54 Å². The van der Waals surface area contributed by atoms with Gasteiger partial charge in [0.15, 0.2) is 6.07 Å². The number of ether oxygens (including phenoxy) is 2. The zero-order chi connectivity index (χ0) is 16.7. The molecule has 1 unspecified atom stereocenters. The topological polar surface area (TPSA) is 64.6 Å². The molecule has 21 heavy (non-hydrogen) atoms. The van der Waals surface area contributed by atoms with Crippen molar-refractivity contribution in [1.29, 1.82) is 0 Å². The van der Waals surface area contributed by atoms with E-state index in [1.165, 1.54) is 0 Å². The molecule has 1 amide bonds. The summed E-state index contributed by atoms with van der Waals surface area (Å²) in [5, 5.41) is 2.21. The van der Waals surface area contributed by atoms with Crippen molar-refractivity contribution in [3.8, 4) is 0 Å². The molecule has 9 heteroatoms. The minimum atomic E-state index is -4.57. The summed E-state index contributed by atoms with van der Waals surface area (Å²) >= 11 is 5.10. The fourth-order valence-corrected chi connectivity index (χ4v) is 1.49. The Balaban J connectivity index is 4.32. The van der Waals surface area contributed by atoms with Crippen molar-refractivity contribution in [2.24, 2.45) is 5.92 Å². The summed E-state index contributed by atoms with van der Waals surface area (Å²) in [6, 6.07) is -0.500. The van der Waals surface area contributed by atoms with E-state index in [0.717, 1.165) is 0 Å². The molecule has 0 heterocycles. The Hall–Kier alpha value is -1.18. The van der Waals surface area contributed by atoms with Gasteiger partial charge in [0.2, 0.25) is 0 Å². The van der Waals surface area contributed by atoms with Crippen LogP contribution in [0.3, 0.4) is 0 Å². The summed E-state index contributed by atoms with van der Waals surface area (Å²) in [7, 11) is 0. The number of alkyl carbamates (subject to hydrolysis) is 1. The molecule has 0 radical (unpaired) electrons. The molecule has 1 N–H and O–H groups in total. The highest BCUT2D eigenvalue weighted by Gasteiger charge is 2.40. The Labute approximate surface area is 126 Å². The summed E-state index contributed by atoms with van der Waals surface area (Å²) < 4.78 is 47.4. The lowest BCUT2D eigenvalue weighted by atomic mass is 10.0. The van der Waals surface area contributed by atoms with Gasteiger partial charge in [0.05, 0.1) is 12.3 Å². The third kappa shape index (κ3) is 10.2. The van der Waals surface area contributed by atoms with E-state index in [-0.39, 0.29) is 6.54 Å². The van der Waals surface area contributed by atoms with Crippen molar-refractivity contribution < 1.29 is 32.2 Å². The number of carbonyl (C=O) groups is 2. The molecule has 0 saturated heterocycles. The van der Waals surface area contributed by atoms with E-state index in [0.29, 0.717) is 0 Å². The highest BCUT2D eigenvalue weighted by atomic mass is 35.5. The van der Waals surface area contributed by atoms with Crippen molar-refractivity contribution in [3.63, 3.8) is 0 Å². The molecule has 0 rings (SSSR count). The van der Waals surface area contributed by atoms with Crippen LogP contribution in [0.15, 0.2) is 0 Å². The maximum Gasteiger partial charge on any atom is 0.407 e. The molecule has 0 spiro atoms. The second-order valence-electron chi connectivity index (χ2n) is 5.29.